The van der Waals surface area contributed by atoms with Gasteiger partial charge in [0.1, 0.15) is 0 Å². The van der Waals surface area contributed by atoms with Crippen LogP contribution in [0.4, 0.5) is 16.5 Å². The summed E-state index contributed by atoms with van der Waals surface area (Å²) >= 11 is 7.43. The molecule has 0 saturated carbocycles. The number of non-ortho nitro benzene ring substituents is 1. The van der Waals surface area contributed by atoms with Crippen molar-refractivity contribution in [1.29, 1.82) is 0 Å². The number of anilines is 2. The second-order valence-electron chi connectivity index (χ2n) is 4.81. The Kier molecular flexibility index (Phi) is 7.91. The molecule has 2 aromatic rings. The lowest BCUT2D eigenvalue weighted by Gasteiger charge is -2.11. The number of amides is 2. The van der Waals surface area contributed by atoms with E-state index in [9.17, 15) is 19.7 Å². The largest absolute Gasteiger partial charge is 0.331 e. The average Bonchev–Trinajstić information content (AvgIpc) is 3.13. The minimum atomic E-state index is -0.523. The molecule has 27 heavy (non-hydrogen) atoms. The van der Waals surface area contributed by atoms with Crippen molar-refractivity contribution in [3.63, 3.8) is 0 Å². The first-order valence-electron chi connectivity index (χ1n) is 7.31. The van der Waals surface area contributed by atoms with Gasteiger partial charge in [-0.15, -0.1) is 23.1 Å². The zero-order valence-electron chi connectivity index (χ0n) is 13.6. The Morgan fingerprint density at radius 2 is 2.00 bits per heavy atom. The molecule has 10 nitrogen and oxygen atoms in total. The number of thiocarbonyl (C=S) groups is 1. The molecule has 0 saturated heterocycles. The van der Waals surface area contributed by atoms with Crippen LogP contribution in [0.15, 0.2) is 35.8 Å². The molecule has 1 aromatic heterocycles. The summed E-state index contributed by atoms with van der Waals surface area (Å²) in [5, 5.41) is 18.4. The van der Waals surface area contributed by atoms with Gasteiger partial charge in [-0.3, -0.25) is 30.6 Å². The molecule has 1 aromatic carbocycles. The van der Waals surface area contributed by atoms with E-state index in [2.05, 4.69) is 26.5 Å². The van der Waals surface area contributed by atoms with Crippen molar-refractivity contribution in [1.82, 2.24) is 15.8 Å². The van der Waals surface area contributed by atoms with Gasteiger partial charge in [-0.05, 0) is 18.3 Å². The van der Waals surface area contributed by atoms with Crippen molar-refractivity contribution in [3.8, 4) is 0 Å². The molecule has 2 rings (SSSR count). The highest BCUT2D eigenvalue weighted by molar-refractivity contribution is 8.00. The molecular formula is C14H14N6O4S3. The first kappa shape index (κ1) is 20.5. The summed E-state index contributed by atoms with van der Waals surface area (Å²) in [5.74, 6) is -0.495. The van der Waals surface area contributed by atoms with Gasteiger partial charge in [0.2, 0.25) is 11.8 Å². The van der Waals surface area contributed by atoms with E-state index in [1.807, 2.05) is 0 Å². The number of nitrogens with zero attached hydrogens (tertiary/aromatic N) is 2. The van der Waals surface area contributed by atoms with E-state index in [4.69, 9.17) is 12.2 Å². The lowest BCUT2D eigenvalue weighted by Crippen LogP contribution is -2.44. The molecule has 13 heteroatoms. The van der Waals surface area contributed by atoms with E-state index in [0.29, 0.717) is 10.8 Å². The van der Waals surface area contributed by atoms with Crippen LogP contribution in [0.25, 0.3) is 0 Å². The summed E-state index contributed by atoms with van der Waals surface area (Å²) in [5.41, 5.74) is 5.18. The Hall–Kier alpha value is -2.77. The molecule has 0 atom stereocenters. The number of nitro benzene ring substituents is 1. The second kappa shape index (κ2) is 10.4. The molecule has 0 aliphatic rings. The van der Waals surface area contributed by atoms with Crippen LogP contribution in [-0.4, -0.2) is 38.3 Å². The predicted octanol–water partition coefficient (Wildman–Crippen LogP) is 1.74. The maximum atomic E-state index is 11.7. The third-order valence-corrected chi connectivity index (χ3v) is 4.60. The topological polar surface area (TPSA) is 138 Å². The zero-order chi connectivity index (χ0) is 19.6. The number of thiazole rings is 1. The first-order chi connectivity index (χ1) is 12.9. The van der Waals surface area contributed by atoms with E-state index >= 15 is 0 Å². The van der Waals surface area contributed by atoms with Crippen LogP contribution in [-0.2, 0) is 9.59 Å². The van der Waals surface area contributed by atoms with Crippen LogP contribution in [0.5, 0.6) is 0 Å². The zero-order valence-corrected chi connectivity index (χ0v) is 16.1. The number of hydrogen-bond donors (Lipinski definition) is 4. The van der Waals surface area contributed by atoms with Crippen LogP contribution in [0, 0.1) is 10.1 Å². The fraction of sp³-hybridized carbons (Fsp3) is 0.143. The van der Waals surface area contributed by atoms with Crippen LogP contribution in [0.2, 0.25) is 0 Å². The van der Waals surface area contributed by atoms with Crippen LogP contribution in [0.1, 0.15) is 0 Å². The summed E-state index contributed by atoms with van der Waals surface area (Å²) in [4.78, 5) is 37.5. The van der Waals surface area contributed by atoms with Gasteiger partial charge in [0.25, 0.3) is 5.69 Å². The van der Waals surface area contributed by atoms with Crippen LogP contribution in [0.3, 0.4) is 0 Å². The van der Waals surface area contributed by atoms with E-state index in [1.165, 1.54) is 29.5 Å². The average molecular weight is 427 g/mol. The normalized spacial score (nSPS) is 9.93. The molecule has 0 aliphatic carbocycles. The first-order valence-corrected chi connectivity index (χ1v) is 9.75. The Morgan fingerprint density at radius 1 is 1.22 bits per heavy atom. The molecular weight excluding hydrogens is 412 g/mol. The molecule has 0 bridgehead atoms. The monoisotopic (exact) mass is 426 g/mol. The Bertz CT molecular complexity index is 830. The molecule has 0 fully saturated rings. The minimum absolute atomic E-state index is 0.0394. The van der Waals surface area contributed by atoms with Crippen molar-refractivity contribution in [2.75, 3.05) is 22.1 Å². The number of nitro groups is 1. The molecule has 0 spiro atoms. The summed E-state index contributed by atoms with van der Waals surface area (Å²) in [6, 6.07) is 5.77. The van der Waals surface area contributed by atoms with Crippen LogP contribution < -0.4 is 21.5 Å². The molecule has 142 valence electrons. The molecule has 4 N–H and O–H groups in total. The summed E-state index contributed by atoms with van der Waals surface area (Å²) in [6.45, 7) is 0. The maximum Gasteiger partial charge on any atom is 0.271 e. The number of carbonyl (C=O) groups is 2. The SMILES string of the molecule is O=C(CSCC(=O)Nc1nccs1)NNC(=S)Nc1cccc([N+](=O)[O-])c1. The van der Waals surface area contributed by atoms with Crippen molar-refractivity contribution in [2.45, 2.75) is 0 Å². The van der Waals surface area contributed by atoms with Gasteiger partial charge in [0.15, 0.2) is 10.2 Å². The number of aromatic nitrogens is 1. The lowest BCUT2D eigenvalue weighted by atomic mass is 10.3. The van der Waals surface area contributed by atoms with Gasteiger partial charge < -0.3 is 10.6 Å². The standard InChI is InChI=1S/C14H14N6O4S3/c21-11(17-14-15-4-5-27-14)7-26-8-12(22)18-19-13(25)16-9-2-1-3-10(6-9)20(23)24/h1-6H,7-8H2,(H,18,22)(H,15,17,21)(H2,16,19,25). The van der Waals surface area contributed by atoms with Gasteiger partial charge in [-0.1, -0.05) is 6.07 Å². The van der Waals surface area contributed by atoms with Gasteiger partial charge in [0, 0.05) is 29.4 Å². The number of carbonyl (C=O) groups excluding carboxylic acids is 2. The van der Waals surface area contributed by atoms with E-state index in [-0.39, 0.29) is 34.1 Å². The Morgan fingerprint density at radius 3 is 2.70 bits per heavy atom. The van der Waals surface area contributed by atoms with Gasteiger partial charge in [-0.25, -0.2) is 4.98 Å². The fourth-order valence-electron chi connectivity index (χ4n) is 1.70. The Balaban J connectivity index is 1.64. The molecule has 0 unspecified atom stereocenters. The number of hydrogen-bond acceptors (Lipinski definition) is 8. The smallest absolute Gasteiger partial charge is 0.271 e. The third kappa shape index (κ3) is 7.55. The molecule has 1 heterocycles. The Labute approximate surface area is 167 Å². The predicted molar refractivity (Wildman–Crippen MR) is 109 cm³/mol. The van der Waals surface area contributed by atoms with Crippen LogP contribution >= 0.6 is 35.3 Å². The minimum Gasteiger partial charge on any atom is -0.331 e. The number of rotatable bonds is 7. The van der Waals surface area contributed by atoms with Gasteiger partial charge >= 0.3 is 0 Å². The van der Waals surface area contributed by atoms with Crippen molar-refractivity contribution >= 4 is 68.7 Å². The summed E-state index contributed by atoms with van der Waals surface area (Å²) < 4.78 is 0. The molecule has 0 radical (unpaired) electrons. The van der Waals surface area contributed by atoms with Gasteiger partial charge in [0.05, 0.1) is 16.4 Å². The quantitative estimate of drug-likeness (QED) is 0.296. The second-order valence-corrected chi connectivity index (χ2v) is 7.10. The van der Waals surface area contributed by atoms with E-state index < -0.39 is 4.92 Å². The number of thioether (sulfide) groups is 1. The van der Waals surface area contributed by atoms with Crippen molar-refractivity contribution in [2.24, 2.45) is 0 Å². The number of nitrogens with one attached hydrogen (secondary N) is 4. The highest BCUT2D eigenvalue weighted by Gasteiger charge is 2.09. The van der Waals surface area contributed by atoms with Crippen molar-refractivity contribution < 1.29 is 14.5 Å². The number of benzene rings is 1. The fourth-order valence-corrected chi connectivity index (χ4v) is 3.03. The van der Waals surface area contributed by atoms with Crippen molar-refractivity contribution in [3.05, 3.63) is 46.0 Å². The highest BCUT2D eigenvalue weighted by Crippen LogP contribution is 2.16. The molecule has 0 aliphatic heterocycles. The molecule has 2 amide bonds. The maximum absolute atomic E-state index is 11.7. The highest BCUT2D eigenvalue weighted by atomic mass is 32.2. The van der Waals surface area contributed by atoms with E-state index in [0.717, 1.165) is 11.8 Å². The third-order valence-electron chi connectivity index (χ3n) is 2.78. The van der Waals surface area contributed by atoms with Gasteiger partial charge in [-0.2, -0.15) is 0 Å². The lowest BCUT2D eigenvalue weighted by molar-refractivity contribution is -0.384. The summed E-state index contributed by atoms with van der Waals surface area (Å²) in [7, 11) is 0. The van der Waals surface area contributed by atoms with E-state index in [1.54, 1.807) is 17.6 Å². The summed E-state index contributed by atoms with van der Waals surface area (Å²) in [6.07, 6.45) is 1.58. The number of hydrazine groups is 1.